The van der Waals surface area contributed by atoms with Gasteiger partial charge in [-0.3, -0.25) is 0 Å². The van der Waals surface area contributed by atoms with Crippen molar-refractivity contribution in [3.63, 3.8) is 0 Å². The second-order valence-electron chi connectivity index (χ2n) is 2.23. The van der Waals surface area contributed by atoms with Gasteiger partial charge in [0.2, 0.25) is 0 Å². The van der Waals surface area contributed by atoms with Gasteiger partial charge in [0, 0.05) is 9.59 Å². The van der Waals surface area contributed by atoms with Crippen LogP contribution in [0.25, 0.3) is 4.85 Å². The van der Waals surface area contributed by atoms with E-state index in [9.17, 15) is 0 Å². The summed E-state index contributed by atoms with van der Waals surface area (Å²) < 4.78 is 3.69. The lowest BCUT2D eigenvalue weighted by molar-refractivity contribution is 0.890. The van der Waals surface area contributed by atoms with Gasteiger partial charge in [0.05, 0.1) is 4.88 Å². The first-order valence-corrected chi connectivity index (χ1v) is 3.72. The SMILES string of the molecule is [C-]#[N+]c1nnsc1C(C)C. The van der Waals surface area contributed by atoms with Gasteiger partial charge >= 0.3 is 5.82 Å². The van der Waals surface area contributed by atoms with Gasteiger partial charge in [-0.15, -0.1) is 0 Å². The normalized spacial score (nSPS) is 9.80. The Kier molecular flexibility index (Phi) is 1.97. The van der Waals surface area contributed by atoms with Crippen LogP contribution < -0.4 is 0 Å². The lowest BCUT2D eigenvalue weighted by atomic mass is 10.2. The van der Waals surface area contributed by atoms with E-state index in [4.69, 9.17) is 6.57 Å². The maximum atomic E-state index is 6.72. The average Bonchev–Trinajstić information content (AvgIpc) is 2.33. The highest BCUT2D eigenvalue weighted by Crippen LogP contribution is 2.27. The number of nitrogens with zero attached hydrogens (tertiary/aromatic N) is 3. The molecule has 0 aliphatic rings. The quantitative estimate of drug-likeness (QED) is 0.579. The maximum Gasteiger partial charge on any atom is 0.312 e. The molecule has 0 fully saturated rings. The van der Waals surface area contributed by atoms with Crippen molar-refractivity contribution in [2.75, 3.05) is 0 Å². The Morgan fingerprint density at radius 2 is 2.30 bits per heavy atom. The summed E-state index contributed by atoms with van der Waals surface area (Å²) in [6, 6.07) is 0. The molecule has 0 aliphatic carbocycles. The summed E-state index contributed by atoms with van der Waals surface area (Å²) in [5.41, 5.74) is 0. The third-order valence-corrected chi connectivity index (χ3v) is 2.14. The van der Waals surface area contributed by atoms with Gasteiger partial charge in [-0.05, 0) is 17.5 Å². The van der Waals surface area contributed by atoms with Gasteiger partial charge in [0.1, 0.15) is 0 Å². The number of hydrogen-bond donors (Lipinski definition) is 0. The van der Waals surface area contributed by atoms with Gasteiger partial charge in [-0.1, -0.05) is 20.4 Å². The fraction of sp³-hybridized carbons (Fsp3) is 0.500. The summed E-state index contributed by atoms with van der Waals surface area (Å²) in [7, 11) is 0. The third-order valence-electron chi connectivity index (χ3n) is 1.13. The predicted molar refractivity (Wildman–Crippen MR) is 40.3 cm³/mol. The van der Waals surface area contributed by atoms with Gasteiger partial charge < -0.3 is 4.85 Å². The molecule has 1 heterocycles. The summed E-state index contributed by atoms with van der Waals surface area (Å²) in [4.78, 5) is 4.22. The van der Waals surface area contributed by atoms with Crippen molar-refractivity contribution in [3.8, 4) is 0 Å². The van der Waals surface area contributed by atoms with E-state index in [0.29, 0.717) is 11.7 Å². The fourth-order valence-corrected chi connectivity index (χ4v) is 1.22. The molecule has 0 amide bonds. The Morgan fingerprint density at radius 1 is 1.60 bits per heavy atom. The molecular formula is C6H7N3S. The van der Waals surface area contributed by atoms with Crippen LogP contribution in [0.4, 0.5) is 5.82 Å². The zero-order valence-electron chi connectivity index (χ0n) is 5.83. The number of rotatable bonds is 1. The van der Waals surface area contributed by atoms with Crippen LogP contribution in [0.3, 0.4) is 0 Å². The fourth-order valence-electron chi connectivity index (χ4n) is 0.634. The van der Waals surface area contributed by atoms with Crippen LogP contribution in [0.1, 0.15) is 24.6 Å². The Balaban J connectivity index is 3.05. The molecule has 0 saturated heterocycles. The van der Waals surface area contributed by atoms with Crippen molar-refractivity contribution in [1.29, 1.82) is 0 Å². The summed E-state index contributed by atoms with van der Waals surface area (Å²) in [6.45, 7) is 10.8. The minimum atomic E-state index is 0.365. The average molecular weight is 153 g/mol. The van der Waals surface area contributed by atoms with Crippen LogP contribution >= 0.6 is 11.5 Å². The molecule has 4 heteroatoms. The molecular weight excluding hydrogens is 146 g/mol. The van der Waals surface area contributed by atoms with Crippen LogP contribution in [0.5, 0.6) is 0 Å². The largest absolute Gasteiger partial charge is 0.358 e. The van der Waals surface area contributed by atoms with Crippen LogP contribution in [0, 0.1) is 6.57 Å². The molecule has 1 rings (SSSR count). The lowest BCUT2D eigenvalue weighted by Gasteiger charge is -1.96. The van der Waals surface area contributed by atoms with Crippen molar-refractivity contribution in [2.45, 2.75) is 19.8 Å². The molecule has 1 aromatic heterocycles. The van der Waals surface area contributed by atoms with E-state index in [-0.39, 0.29) is 0 Å². The topological polar surface area (TPSA) is 30.1 Å². The molecule has 0 bridgehead atoms. The highest BCUT2D eigenvalue weighted by atomic mass is 32.1. The highest BCUT2D eigenvalue weighted by molar-refractivity contribution is 7.06. The van der Waals surface area contributed by atoms with Crippen molar-refractivity contribution in [3.05, 3.63) is 16.3 Å². The van der Waals surface area contributed by atoms with E-state index < -0.39 is 0 Å². The minimum absolute atomic E-state index is 0.365. The highest BCUT2D eigenvalue weighted by Gasteiger charge is 2.10. The summed E-state index contributed by atoms with van der Waals surface area (Å²) in [5.74, 6) is 0.823. The van der Waals surface area contributed by atoms with E-state index in [1.807, 2.05) is 13.8 Å². The minimum Gasteiger partial charge on any atom is -0.358 e. The van der Waals surface area contributed by atoms with Crippen LogP contribution in [-0.4, -0.2) is 9.59 Å². The van der Waals surface area contributed by atoms with Crippen molar-refractivity contribution in [1.82, 2.24) is 9.59 Å². The van der Waals surface area contributed by atoms with E-state index in [2.05, 4.69) is 14.4 Å². The first kappa shape index (κ1) is 7.16. The molecule has 0 radical (unpaired) electrons. The zero-order chi connectivity index (χ0) is 7.56. The Morgan fingerprint density at radius 3 is 2.70 bits per heavy atom. The summed E-state index contributed by atoms with van der Waals surface area (Å²) >= 11 is 1.31. The first-order chi connectivity index (χ1) is 4.75. The lowest BCUT2D eigenvalue weighted by Crippen LogP contribution is -1.79. The summed E-state index contributed by atoms with van der Waals surface area (Å²) in [6.07, 6.45) is 0. The number of aromatic nitrogens is 2. The van der Waals surface area contributed by atoms with Gasteiger partial charge in [-0.25, -0.2) is 0 Å². The third kappa shape index (κ3) is 1.14. The second-order valence-corrected chi connectivity index (χ2v) is 3.01. The molecule has 3 nitrogen and oxygen atoms in total. The van der Waals surface area contributed by atoms with E-state index >= 15 is 0 Å². The van der Waals surface area contributed by atoms with E-state index in [0.717, 1.165) is 4.88 Å². The molecule has 0 atom stereocenters. The van der Waals surface area contributed by atoms with Crippen LogP contribution in [-0.2, 0) is 0 Å². The number of hydrogen-bond acceptors (Lipinski definition) is 3. The zero-order valence-corrected chi connectivity index (χ0v) is 6.64. The van der Waals surface area contributed by atoms with Crippen molar-refractivity contribution < 1.29 is 0 Å². The molecule has 0 spiro atoms. The van der Waals surface area contributed by atoms with Crippen molar-refractivity contribution in [2.24, 2.45) is 0 Å². The molecule has 1 aromatic rings. The second kappa shape index (κ2) is 2.76. The Bertz CT molecular complexity index is 258. The smallest absolute Gasteiger partial charge is 0.312 e. The van der Waals surface area contributed by atoms with Crippen molar-refractivity contribution >= 4 is 17.4 Å². The Labute approximate surface area is 63.7 Å². The van der Waals surface area contributed by atoms with Gasteiger partial charge in [0.15, 0.2) is 0 Å². The molecule has 0 saturated carbocycles. The van der Waals surface area contributed by atoms with E-state index in [1.54, 1.807) is 0 Å². The summed E-state index contributed by atoms with van der Waals surface area (Å²) in [5, 5.41) is 3.67. The Hall–Kier alpha value is -0.950. The molecule has 0 N–H and O–H groups in total. The van der Waals surface area contributed by atoms with E-state index in [1.165, 1.54) is 11.5 Å². The molecule has 0 aliphatic heterocycles. The standard InChI is InChI=1S/C6H7N3S/c1-4(2)5-6(7-3)8-9-10-5/h4H,1-2H3. The van der Waals surface area contributed by atoms with Crippen LogP contribution in [0.2, 0.25) is 0 Å². The van der Waals surface area contributed by atoms with Gasteiger partial charge in [0.25, 0.3) is 0 Å². The first-order valence-electron chi connectivity index (χ1n) is 2.95. The maximum absolute atomic E-state index is 6.72. The molecule has 52 valence electrons. The predicted octanol–water partition coefficient (Wildman–Crippen LogP) is 2.21. The monoisotopic (exact) mass is 153 g/mol. The van der Waals surface area contributed by atoms with Crippen LogP contribution in [0.15, 0.2) is 0 Å². The molecule has 10 heavy (non-hydrogen) atoms. The molecule has 0 unspecified atom stereocenters. The molecule has 0 aromatic carbocycles. The van der Waals surface area contributed by atoms with Gasteiger partial charge in [-0.2, -0.15) is 0 Å².